The molecule has 4 nitrogen and oxygen atoms in total. The van der Waals surface area contributed by atoms with Gasteiger partial charge in [-0.1, -0.05) is 23.4 Å². The summed E-state index contributed by atoms with van der Waals surface area (Å²) in [7, 11) is 1.89. The fraction of sp³-hybridized carbons (Fsp3) is 0.556. The molecule has 0 spiro atoms. The summed E-state index contributed by atoms with van der Waals surface area (Å²) in [5.74, 6) is 1.50. The summed E-state index contributed by atoms with van der Waals surface area (Å²) in [4.78, 5) is 0. The van der Waals surface area contributed by atoms with Gasteiger partial charge >= 0.3 is 0 Å². The molecule has 2 N–H and O–H groups in total. The molecule has 0 unspecified atom stereocenters. The number of nitrogens with zero attached hydrogens (tertiary/aromatic N) is 3. The molecule has 14 heavy (non-hydrogen) atoms. The number of nitrogen functional groups attached to an aromatic ring is 1. The Balaban J connectivity index is 1.94. The first-order valence-corrected chi connectivity index (χ1v) is 5.71. The molecule has 0 fully saturated rings. The standard InChI is InChI=1S/C9H14N4S/c1-13-8(10)11-12-9(13)14-6-7-4-2-3-5-7/h4H,2-3,5-6H2,1H3,(H2,10,11). The third-order valence-corrected chi connectivity index (χ3v) is 3.52. The fourth-order valence-corrected chi connectivity index (χ4v) is 2.44. The zero-order chi connectivity index (χ0) is 9.97. The number of nitrogens with two attached hydrogens (primary N) is 1. The summed E-state index contributed by atoms with van der Waals surface area (Å²) in [6.07, 6.45) is 6.10. The quantitative estimate of drug-likeness (QED) is 0.608. The summed E-state index contributed by atoms with van der Waals surface area (Å²) >= 11 is 1.71. The monoisotopic (exact) mass is 210 g/mol. The molecule has 0 radical (unpaired) electrons. The van der Waals surface area contributed by atoms with Crippen LogP contribution in [0.1, 0.15) is 19.3 Å². The average molecular weight is 210 g/mol. The Morgan fingerprint density at radius 1 is 1.57 bits per heavy atom. The molecule has 5 heteroatoms. The molecule has 0 aliphatic heterocycles. The molecule has 76 valence electrons. The predicted octanol–water partition coefficient (Wildman–Crippen LogP) is 1.60. The minimum absolute atomic E-state index is 0.480. The van der Waals surface area contributed by atoms with Crippen LogP contribution in [-0.2, 0) is 7.05 Å². The SMILES string of the molecule is Cn1c(N)nnc1SCC1=CCCC1. The lowest BCUT2D eigenvalue weighted by molar-refractivity contribution is 0.796. The molecule has 1 heterocycles. The molecular weight excluding hydrogens is 196 g/mol. The van der Waals surface area contributed by atoms with Gasteiger partial charge in [-0.05, 0) is 19.3 Å². The Kier molecular flexibility index (Phi) is 2.77. The van der Waals surface area contributed by atoms with Crippen molar-refractivity contribution in [2.75, 3.05) is 11.5 Å². The number of thioether (sulfide) groups is 1. The molecule has 0 atom stereocenters. The van der Waals surface area contributed by atoms with Crippen molar-refractivity contribution < 1.29 is 0 Å². The fourth-order valence-electron chi connectivity index (χ4n) is 1.48. The molecule has 2 rings (SSSR count). The highest BCUT2D eigenvalue weighted by atomic mass is 32.2. The molecule has 1 aromatic heterocycles. The molecule has 0 bridgehead atoms. The molecule has 0 amide bonds. The number of hydrogen-bond acceptors (Lipinski definition) is 4. The lowest BCUT2D eigenvalue weighted by atomic mass is 10.3. The van der Waals surface area contributed by atoms with Crippen LogP contribution < -0.4 is 5.73 Å². The second-order valence-corrected chi connectivity index (χ2v) is 4.39. The van der Waals surface area contributed by atoms with E-state index in [0.29, 0.717) is 5.95 Å². The number of aromatic nitrogens is 3. The van der Waals surface area contributed by atoms with Gasteiger partial charge in [0.1, 0.15) is 0 Å². The number of hydrogen-bond donors (Lipinski definition) is 1. The maximum absolute atomic E-state index is 5.59. The first kappa shape index (κ1) is 9.58. The van der Waals surface area contributed by atoms with E-state index in [1.165, 1.54) is 24.8 Å². The molecular formula is C9H14N4S. The molecule has 0 saturated heterocycles. The van der Waals surface area contributed by atoms with E-state index in [1.54, 1.807) is 11.8 Å². The first-order chi connectivity index (χ1) is 6.77. The van der Waals surface area contributed by atoms with Crippen LogP contribution in [0.4, 0.5) is 5.95 Å². The van der Waals surface area contributed by atoms with E-state index >= 15 is 0 Å². The van der Waals surface area contributed by atoms with Gasteiger partial charge in [-0.3, -0.25) is 4.57 Å². The topological polar surface area (TPSA) is 56.7 Å². The van der Waals surface area contributed by atoms with E-state index in [4.69, 9.17) is 5.73 Å². The minimum Gasteiger partial charge on any atom is -0.368 e. The third-order valence-electron chi connectivity index (χ3n) is 2.39. The lowest BCUT2D eigenvalue weighted by Crippen LogP contribution is -1.98. The smallest absolute Gasteiger partial charge is 0.222 e. The second-order valence-electron chi connectivity index (χ2n) is 3.44. The zero-order valence-corrected chi connectivity index (χ0v) is 9.05. The Morgan fingerprint density at radius 3 is 3.00 bits per heavy atom. The van der Waals surface area contributed by atoms with Crippen molar-refractivity contribution in [2.45, 2.75) is 24.4 Å². The molecule has 0 saturated carbocycles. The van der Waals surface area contributed by atoms with Crippen molar-refractivity contribution in [3.63, 3.8) is 0 Å². The van der Waals surface area contributed by atoms with E-state index in [-0.39, 0.29) is 0 Å². The van der Waals surface area contributed by atoms with E-state index in [0.717, 1.165) is 10.9 Å². The Morgan fingerprint density at radius 2 is 2.43 bits per heavy atom. The second kappa shape index (κ2) is 4.04. The average Bonchev–Trinajstić information content (AvgIpc) is 2.77. The van der Waals surface area contributed by atoms with Crippen LogP contribution in [0.25, 0.3) is 0 Å². The van der Waals surface area contributed by atoms with E-state index in [2.05, 4.69) is 16.3 Å². The van der Waals surface area contributed by atoms with Gasteiger partial charge < -0.3 is 5.73 Å². The highest BCUT2D eigenvalue weighted by Crippen LogP contribution is 2.25. The van der Waals surface area contributed by atoms with Crippen molar-refractivity contribution in [1.29, 1.82) is 0 Å². The van der Waals surface area contributed by atoms with Crippen molar-refractivity contribution in [3.05, 3.63) is 11.6 Å². The van der Waals surface area contributed by atoms with Gasteiger partial charge in [0.05, 0.1) is 0 Å². The normalized spacial score (nSPS) is 15.9. The van der Waals surface area contributed by atoms with Gasteiger partial charge in [-0.25, -0.2) is 0 Å². The van der Waals surface area contributed by atoms with Crippen molar-refractivity contribution in [2.24, 2.45) is 7.05 Å². The summed E-state index contributed by atoms with van der Waals surface area (Å²) < 4.78 is 1.82. The van der Waals surface area contributed by atoms with Crippen LogP contribution in [0, 0.1) is 0 Å². The van der Waals surface area contributed by atoms with Gasteiger partial charge in [0.25, 0.3) is 0 Å². The van der Waals surface area contributed by atoms with Crippen LogP contribution in [0.5, 0.6) is 0 Å². The molecule has 1 aromatic rings. The molecule has 0 aromatic carbocycles. The molecule has 1 aliphatic carbocycles. The number of allylic oxidation sites excluding steroid dienone is 1. The number of anilines is 1. The first-order valence-electron chi connectivity index (χ1n) is 4.73. The Labute approximate surface area is 87.6 Å². The highest BCUT2D eigenvalue weighted by molar-refractivity contribution is 7.99. The molecule has 1 aliphatic rings. The summed E-state index contributed by atoms with van der Waals surface area (Å²) in [5, 5.41) is 8.71. The lowest BCUT2D eigenvalue weighted by Gasteiger charge is -2.01. The van der Waals surface area contributed by atoms with Gasteiger partial charge in [0, 0.05) is 12.8 Å². The van der Waals surface area contributed by atoms with Crippen molar-refractivity contribution >= 4 is 17.7 Å². The van der Waals surface area contributed by atoms with Crippen LogP contribution in [0.2, 0.25) is 0 Å². The van der Waals surface area contributed by atoms with Crippen LogP contribution in [-0.4, -0.2) is 20.5 Å². The maximum atomic E-state index is 5.59. The third kappa shape index (κ3) is 1.92. The minimum atomic E-state index is 0.480. The van der Waals surface area contributed by atoms with E-state index in [9.17, 15) is 0 Å². The van der Waals surface area contributed by atoms with Gasteiger partial charge in [0.15, 0.2) is 5.16 Å². The Hall–Kier alpha value is -0.970. The highest BCUT2D eigenvalue weighted by Gasteiger charge is 2.09. The van der Waals surface area contributed by atoms with Gasteiger partial charge in [-0.2, -0.15) is 0 Å². The van der Waals surface area contributed by atoms with Crippen LogP contribution >= 0.6 is 11.8 Å². The van der Waals surface area contributed by atoms with Crippen LogP contribution in [0.3, 0.4) is 0 Å². The van der Waals surface area contributed by atoms with Crippen molar-refractivity contribution in [3.8, 4) is 0 Å². The zero-order valence-electron chi connectivity index (χ0n) is 8.23. The van der Waals surface area contributed by atoms with Crippen molar-refractivity contribution in [1.82, 2.24) is 14.8 Å². The summed E-state index contributed by atoms with van der Waals surface area (Å²) in [6.45, 7) is 0. The summed E-state index contributed by atoms with van der Waals surface area (Å²) in [6, 6.07) is 0. The van der Waals surface area contributed by atoms with Crippen LogP contribution in [0.15, 0.2) is 16.8 Å². The van der Waals surface area contributed by atoms with Gasteiger partial charge in [-0.15, -0.1) is 10.2 Å². The maximum Gasteiger partial charge on any atom is 0.222 e. The predicted molar refractivity (Wildman–Crippen MR) is 58.1 cm³/mol. The van der Waals surface area contributed by atoms with E-state index in [1.807, 2.05) is 11.6 Å². The number of rotatable bonds is 3. The largest absolute Gasteiger partial charge is 0.368 e. The summed E-state index contributed by atoms with van der Waals surface area (Å²) in [5.41, 5.74) is 7.11. The van der Waals surface area contributed by atoms with Gasteiger partial charge in [0.2, 0.25) is 5.95 Å². The van der Waals surface area contributed by atoms with E-state index < -0.39 is 0 Å². The Bertz CT molecular complexity index is 356.